The molecular formula is C11H15BrN2. The molecule has 14 heavy (non-hydrogen) atoms. The van der Waals surface area contributed by atoms with E-state index in [0.29, 0.717) is 6.04 Å². The van der Waals surface area contributed by atoms with Gasteiger partial charge in [-0.3, -0.25) is 0 Å². The lowest BCUT2D eigenvalue weighted by molar-refractivity contribution is 0.692. The van der Waals surface area contributed by atoms with Crippen LogP contribution in [0.15, 0.2) is 16.7 Å². The van der Waals surface area contributed by atoms with E-state index < -0.39 is 0 Å². The molecule has 0 aromatic carbocycles. The number of hydrogen-bond acceptors (Lipinski definition) is 2. The van der Waals surface area contributed by atoms with Crippen molar-refractivity contribution in [2.45, 2.75) is 32.7 Å². The Balaban J connectivity index is 2.07. The first-order valence-electron chi connectivity index (χ1n) is 5.06. The Morgan fingerprint density at radius 1 is 1.50 bits per heavy atom. The SMILES string of the molecule is Cc1nc(Br)ccc1NC(C)C1CC1. The summed E-state index contributed by atoms with van der Waals surface area (Å²) in [5.41, 5.74) is 2.22. The van der Waals surface area contributed by atoms with Gasteiger partial charge < -0.3 is 5.32 Å². The van der Waals surface area contributed by atoms with Crippen LogP contribution in [0.1, 0.15) is 25.5 Å². The van der Waals surface area contributed by atoms with Gasteiger partial charge in [-0.1, -0.05) is 0 Å². The molecule has 2 nitrogen and oxygen atoms in total. The fraction of sp³-hybridized carbons (Fsp3) is 0.545. The fourth-order valence-electron chi connectivity index (χ4n) is 1.64. The van der Waals surface area contributed by atoms with Gasteiger partial charge in [0.1, 0.15) is 4.60 Å². The number of anilines is 1. The van der Waals surface area contributed by atoms with Crippen LogP contribution in [-0.2, 0) is 0 Å². The van der Waals surface area contributed by atoms with Gasteiger partial charge in [-0.05, 0) is 60.7 Å². The number of aryl methyl sites for hydroxylation is 1. The number of hydrogen-bond donors (Lipinski definition) is 1. The van der Waals surface area contributed by atoms with Crippen molar-refractivity contribution in [2.24, 2.45) is 5.92 Å². The summed E-state index contributed by atoms with van der Waals surface area (Å²) in [5.74, 6) is 0.873. The predicted octanol–water partition coefficient (Wildman–Crippen LogP) is 3.36. The van der Waals surface area contributed by atoms with Crippen molar-refractivity contribution in [3.8, 4) is 0 Å². The molecule has 1 aromatic heterocycles. The van der Waals surface area contributed by atoms with Crippen LogP contribution in [0, 0.1) is 12.8 Å². The van der Waals surface area contributed by atoms with Gasteiger partial charge in [0.15, 0.2) is 0 Å². The lowest BCUT2D eigenvalue weighted by Crippen LogP contribution is -2.18. The molecule has 1 aliphatic rings. The maximum atomic E-state index is 4.36. The van der Waals surface area contributed by atoms with Crippen LogP contribution in [0.5, 0.6) is 0 Å². The third-order valence-corrected chi connectivity index (χ3v) is 3.21. The number of aromatic nitrogens is 1. The average Bonchev–Trinajstić information content (AvgIpc) is 2.92. The molecule has 2 rings (SSSR count). The summed E-state index contributed by atoms with van der Waals surface area (Å²) < 4.78 is 0.902. The summed E-state index contributed by atoms with van der Waals surface area (Å²) in [7, 11) is 0. The highest BCUT2D eigenvalue weighted by Gasteiger charge is 2.27. The molecular weight excluding hydrogens is 240 g/mol. The van der Waals surface area contributed by atoms with E-state index in [0.717, 1.165) is 21.9 Å². The number of nitrogens with zero attached hydrogens (tertiary/aromatic N) is 1. The number of nitrogens with one attached hydrogen (secondary N) is 1. The van der Waals surface area contributed by atoms with Crippen LogP contribution in [-0.4, -0.2) is 11.0 Å². The summed E-state index contributed by atoms with van der Waals surface area (Å²) >= 11 is 3.36. The zero-order valence-corrected chi connectivity index (χ0v) is 10.1. The van der Waals surface area contributed by atoms with Crippen LogP contribution in [0.25, 0.3) is 0 Å². The first-order valence-corrected chi connectivity index (χ1v) is 5.86. The Bertz CT molecular complexity index is 334. The minimum absolute atomic E-state index is 0.580. The first kappa shape index (κ1) is 9.97. The van der Waals surface area contributed by atoms with E-state index in [9.17, 15) is 0 Å². The molecule has 1 unspecified atom stereocenters. The second kappa shape index (κ2) is 3.89. The van der Waals surface area contributed by atoms with E-state index in [1.165, 1.54) is 12.8 Å². The summed E-state index contributed by atoms with van der Waals surface area (Å²) in [6.07, 6.45) is 2.74. The van der Waals surface area contributed by atoms with Gasteiger partial charge in [-0.15, -0.1) is 0 Å². The molecule has 3 heteroatoms. The fourth-order valence-corrected chi connectivity index (χ4v) is 2.04. The van der Waals surface area contributed by atoms with Crippen molar-refractivity contribution in [2.75, 3.05) is 5.32 Å². The van der Waals surface area contributed by atoms with Gasteiger partial charge in [0, 0.05) is 6.04 Å². The molecule has 1 aromatic rings. The molecule has 1 saturated carbocycles. The van der Waals surface area contributed by atoms with E-state index in [2.05, 4.69) is 39.2 Å². The minimum atomic E-state index is 0.580. The minimum Gasteiger partial charge on any atom is -0.381 e. The molecule has 1 aliphatic carbocycles. The van der Waals surface area contributed by atoms with Crippen molar-refractivity contribution in [1.29, 1.82) is 0 Å². The van der Waals surface area contributed by atoms with Crippen molar-refractivity contribution < 1.29 is 0 Å². The third kappa shape index (κ3) is 2.27. The standard InChI is InChI=1S/C11H15BrN2/c1-7(9-3-4-9)13-10-5-6-11(12)14-8(10)2/h5-7,9,13H,3-4H2,1-2H3. The monoisotopic (exact) mass is 254 g/mol. The summed E-state index contributed by atoms with van der Waals surface area (Å²) in [6, 6.07) is 4.65. The van der Waals surface area contributed by atoms with Crippen molar-refractivity contribution in [3.63, 3.8) is 0 Å². The Morgan fingerprint density at radius 3 is 2.79 bits per heavy atom. The molecule has 76 valence electrons. The average molecular weight is 255 g/mol. The highest BCUT2D eigenvalue weighted by Crippen LogP contribution is 2.34. The van der Waals surface area contributed by atoms with Gasteiger partial charge in [0.2, 0.25) is 0 Å². The van der Waals surface area contributed by atoms with Crippen LogP contribution in [0.3, 0.4) is 0 Å². The lowest BCUT2D eigenvalue weighted by atomic mass is 10.2. The molecule has 0 radical (unpaired) electrons. The smallest absolute Gasteiger partial charge is 0.106 e. The third-order valence-electron chi connectivity index (χ3n) is 2.76. The topological polar surface area (TPSA) is 24.9 Å². The van der Waals surface area contributed by atoms with Gasteiger partial charge in [-0.2, -0.15) is 0 Å². The Kier molecular flexibility index (Phi) is 2.77. The van der Waals surface area contributed by atoms with Crippen molar-refractivity contribution in [3.05, 3.63) is 22.4 Å². The Labute approximate surface area is 93.3 Å². The van der Waals surface area contributed by atoms with Crippen LogP contribution >= 0.6 is 15.9 Å². The van der Waals surface area contributed by atoms with E-state index >= 15 is 0 Å². The highest BCUT2D eigenvalue weighted by molar-refractivity contribution is 9.10. The second-order valence-corrected chi connectivity index (χ2v) is 4.85. The molecule has 0 spiro atoms. The highest BCUT2D eigenvalue weighted by atomic mass is 79.9. The van der Waals surface area contributed by atoms with E-state index in [4.69, 9.17) is 0 Å². The summed E-state index contributed by atoms with van der Waals surface area (Å²) in [4.78, 5) is 4.36. The molecule has 0 bridgehead atoms. The van der Waals surface area contributed by atoms with Crippen LogP contribution in [0.4, 0.5) is 5.69 Å². The number of rotatable bonds is 3. The summed E-state index contributed by atoms with van der Waals surface area (Å²) in [5, 5.41) is 3.52. The number of pyridine rings is 1. The van der Waals surface area contributed by atoms with Crippen LogP contribution < -0.4 is 5.32 Å². The normalized spacial score (nSPS) is 17.9. The Hall–Kier alpha value is -0.570. The zero-order chi connectivity index (χ0) is 10.1. The number of halogens is 1. The summed E-state index contributed by atoms with van der Waals surface area (Å²) in [6.45, 7) is 4.28. The first-order chi connectivity index (χ1) is 6.66. The van der Waals surface area contributed by atoms with Gasteiger partial charge in [0.25, 0.3) is 0 Å². The van der Waals surface area contributed by atoms with Crippen molar-refractivity contribution in [1.82, 2.24) is 4.98 Å². The lowest BCUT2D eigenvalue weighted by Gasteiger charge is -2.15. The van der Waals surface area contributed by atoms with E-state index in [1.54, 1.807) is 0 Å². The zero-order valence-electron chi connectivity index (χ0n) is 8.55. The molecule has 0 saturated heterocycles. The second-order valence-electron chi connectivity index (χ2n) is 4.04. The maximum Gasteiger partial charge on any atom is 0.106 e. The van der Waals surface area contributed by atoms with Gasteiger partial charge in [0.05, 0.1) is 11.4 Å². The van der Waals surface area contributed by atoms with Gasteiger partial charge >= 0.3 is 0 Å². The quantitative estimate of drug-likeness (QED) is 0.837. The molecule has 1 fully saturated rings. The predicted molar refractivity (Wildman–Crippen MR) is 62.5 cm³/mol. The van der Waals surface area contributed by atoms with Gasteiger partial charge in [-0.25, -0.2) is 4.98 Å². The van der Waals surface area contributed by atoms with E-state index in [-0.39, 0.29) is 0 Å². The molecule has 0 amide bonds. The molecule has 1 atom stereocenters. The van der Waals surface area contributed by atoms with E-state index in [1.807, 2.05) is 13.0 Å². The molecule has 1 N–H and O–H groups in total. The maximum absolute atomic E-state index is 4.36. The largest absolute Gasteiger partial charge is 0.381 e. The Morgan fingerprint density at radius 2 is 2.21 bits per heavy atom. The van der Waals surface area contributed by atoms with Crippen LogP contribution in [0.2, 0.25) is 0 Å². The van der Waals surface area contributed by atoms with Crippen molar-refractivity contribution >= 4 is 21.6 Å². The molecule has 1 heterocycles. The molecule has 0 aliphatic heterocycles.